The predicted octanol–water partition coefficient (Wildman–Crippen LogP) is 3.31. The molecule has 168 valence electrons. The van der Waals surface area contributed by atoms with E-state index in [0.717, 1.165) is 18.1 Å². The quantitative estimate of drug-likeness (QED) is 0.592. The minimum Gasteiger partial charge on any atom is -0.495 e. The molecular formula is C22H24N4O4S2. The Hall–Kier alpha value is -3.11. The van der Waals surface area contributed by atoms with Crippen molar-refractivity contribution in [3.63, 3.8) is 0 Å². The van der Waals surface area contributed by atoms with Crippen LogP contribution in [0.3, 0.4) is 0 Å². The van der Waals surface area contributed by atoms with Crippen LogP contribution in [0.25, 0.3) is 0 Å². The van der Waals surface area contributed by atoms with Gasteiger partial charge in [0.15, 0.2) is 5.13 Å². The smallest absolute Gasteiger partial charge is 0.262 e. The van der Waals surface area contributed by atoms with E-state index < -0.39 is 10.0 Å². The molecule has 8 nitrogen and oxygen atoms in total. The Morgan fingerprint density at radius 1 is 1.09 bits per heavy atom. The average Bonchev–Trinajstić information content (AvgIpc) is 3.23. The van der Waals surface area contributed by atoms with E-state index in [1.165, 1.54) is 19.2 Å². The number of thiazole rings is 1. The number of amides is 1. The zero-order valence-corrected chi connectivity index (χ0v) is 19.2. The number of hydrogen-bond acceptors (Lipinski definition) is 7. The van der Waals surface area contributed by atoms with Crippen molar-refractivity contribution >= 4 is 38.1 Å². The molecule has 0 radical (unpaired) electrons. The van der Waals surface area contributed by atoms with Gasteiger partial charge in [-0.3, -0.25) is 9.52 Å². The Kier molecular flexibility index (Phi) is 6.61. The normalized spacial score (nSPS) is 14.7. The van der Waals surface area contributed by atoms with E-state index in [0.29, 0.717) is 36.6 Å². The van der Waals surface area contributed by atoms with Gasteiger partial charge < -0.3 is 14.5 Å². The lowest BCUT2D eigenvalue weighted by atomic mass is 10.2. The lowest BCUT2D eigenvalue weighted by molar-refractivity contribution is 0.0767. The Bertz CT molecular complexity index is 1180. The van der Waals surface area contributed by atoms with Gasteiger partial charge in [-0.1, -0.05) is 18.2 Å². The van der Waals surface area contributed by atoms with Gasteiger partial charge in [-0.15, -0.1) is 11.3 Å². The first-order chi connectivity index (χ1) is 15.5. The number of methoxy groups -OCH3 is 1. The van der Waals surface area contributed by atoms with Crippen molar-refractivity contribution in [3.05, 3.63) is 65.7 Å². The highest BCUT2D eigenvalue weighted by Crippen LogP contribution is 2.26. The van der Waals surface area contributed by atoms with Crippen LogP contribution in [0.15, 0.2) is 65.0 Å². The molecule has 1 N–H and O–H groups in total. The van der Waals surface area contributed by atoms with E-state index in [4.69, 9.17) is 4.74 Å². The molecule has 1 saturated heterocycles. The number of nitrogens with one attached hydrogen (secondary N) is 1. The summed E-state index contributed by atoms with van der Waals surface area (Å²) in [6.45, 7) is 2.67. The third kappa shape index (κ3) is 4.86. The topological polar surface area (TPSA) is 91.8 Å². The first-order valence-electron chi connectivity index (χ1n) is 10.2. The molecule has 1 aliphatic heterocycles. The number of para-hydroxylation sites is 2. The van der Waals surface area contributed by atoms with Gasteiger partial charge in [0.05, 0.1) is 17.7 Å². The summed E-state index contributed by atoms with van der Waals surface area (Å²) in [4.78, 5) is 21.5. The second-order valence-corrected chi connectivity index (χ2v) is 9.84. The highest BCUT2D eigenvalue weighted by Gasteiger charge is 2.23. The monoisotopic (exact) mass is 472 g/mol. The van der Waals surface area contributed by atoms with Crippen molar-refractivity contribution in [1.29, 1.82) is 0 Å². The van der Waals surface area contributed by atoms with Crippen molar-refractivity contribution in [2.75, 3.05) is 42.9 Å². The van der Waals surface area contributed by atoms with Gasteiger partial charge in [-0.05, 0) is 36.8 Å². The average molecular weight is 473 g/mol. The summed E-state index contributed by atoms with van der Waals surface area (Å²) in [5, 5.41) is 2.89. The Morgan fingerprint density at radius 2 is 1.94 bits per heavy atom. The van der Waals surface area contributed by atoms with Crippen LogP contribution in [0.5, 0.6) is 5.75 Å². The summed E-state index contributed by atoms with van der Waals surface area (Å²) in [6, 6.07) is 12.9. The van der Waals surface area contributed by atoms with E-state index in [-0.39, 0.29) is 10.8 Å². The third-order valence-corrected chi connectivity index (χ3v) is 7.41. The molecule has 10 heteroatoms. The number of aromatic nitrogens is 1. The second-order valence-electron chi connectivity index (χ2n) is 7.28. The van der Waals surface area contributed by atoms with Crippen LogP contribution in [0.4, 0.5) is 10.8 Å². The molecule has 0 aliphatic carbocycles. The van der Waals surface area contributed by atoms with E-state index in [1.807, 2.05) is 5.38 Å². The summed E-state index contributed by atoms with van der Waals surface area (Å²) < 4.78 is 33.7. The van der Waals surface area contributed by atoms with Gasteiger partial charge in [0.2, 0.25) is 0 Å². The van der Waals surface area contributed by atoms with Crippen LogP contribution in [-0.2, 0) is 10.0 Å². The predicted molar refractivity (Wildman–Crippen MR) is 125 cm³/mol. The molecule has 1 aliphatic rings. The molecule has 2 heterocycles. The van der Waals surface area contributed by atoms with Crippen LogP contribution in [0.2, 0.25) is 0 Å². The minimum atomic E-state index is -3.89. The molecule has 3 aromatic rings. The summed E-state index contributed by atoms with van der Waals surface area (Å²) in [6.07, 6.45) is 2.59. The molecule has 4 rings (SSSR count). The fourth-order valence-electron chi connectivity index (χ4n) is 3.60. The first-order valence-corrected chi connectivity index (χ1v) is 12.5. The number of sulfonamides is 1. The van der Waals surface area contributed by atoms with Crippen LogP contribution in [-0.4, -0.2) is 57.5 Å². The standard InChI is InChI=1S/C22H24N4O4S2/c1-30-20-9-3-2-8-19(20)24-32(28,29)18-7-4-6-17(16-18)21(27)25-11-5-12-26(14-13-25)22-23-10-15-31-22/h2-4,6-10,15-16,24H,5,11-14H2,1H3. The van der Waals surface area contributed by atoms with Gasteiger partial charge >= 0.3 is 0 Å². The largest absolute Gasteiger partial charge is 0.495 e. The highest BCUT2D eigenvalue weighted by atomic mass is 32.2. The SMILES string of the molecule is COc1ccccc1NS(=O)(=O)c1cccc(C(=O)N2CCCN(c3nccs3)CC2)c1. The molecule has 1 fully saturated rings. The van der Waals surface area contributed by atoms with Crippen LogP contribution in [0, 0.1) is 0 Å². The lowest BCUT2D eigenvalue weighted by Gasteiger charge is -2.22. The van der Waals surface area contributed by atoms with Gasteiger partial charge in [-0.2, -0.15) is 0 Å². The van der Waals surface area contributed by atoms with Crippen molar-refractivity contribution < 1.29 is 17.9 Å². The first kappa shape index (κ1) is 22.1. The number of ether oxygens (including phenoxy) is 1. The maximum absolute atomic E-state index is 13.1. The van der Waals surface area contributed by atoms with E-state index in [1.54, 1.807) is 58.8 Å². The molecule has 0 atom stereocenters. The molecular weight excluding hydrogens is 448 g/mol. The number of benzene rings is 2. The van der Waals surface area contributed by atoms with Crippen LogP contribution >= 0.6 is 11.3 Å². The molecule has 32 heavy (non-hydrogen) atoms. The number of nitrogens with zero attached hydrogens (tertiary/aromatic N) is 3. The maximum Gasteiger partial charge on any atom is 0.262 e. The van der Waals surface area contributed by atoms with Gasteiger partial charge in [0.25, 0.3) is 15.9 Å². The van der Waals surface area contributed by atoms with Gasteiger partial charge in [-0.25, -0.2) is 13.4 Å². The molecule has 1 amide bonds. The maximum atomic E-state index is 13.1. The van der Waals surface area contributed by atoms with Crippen molar-refractivity contribution in [2.45, 2.75) is 11.3 Å². The summed E-state index contributed by atoms with van der Waals surface area (Å²) in [7, 11) is -2.42. The summed E-state index contributed by atoms with van der Waals surface area (Å²) >= 11 is 1.58. The summed E-state index contributed by atoms with van der Waals surface area (Å²) in [5.74, 6) is 0.234. The lowest BCUT2D eigenvalue weighted by Crippen LogP contribution is -2.35. The van der Waals surface area contributed by atoms with Crippen molar-refractivity contribution in [3.8, 4) is 5.75 Å². The van der Waals surface area contributed by atoms with Crippen molar-refractivity contribution in [1.82, 2.24) is 9.88 Å². The number of rotatable bonds is 6. The molecule has 0 saturated carbocycles. The van der Waals surface area contributed by atoms with Gasteiger partial charge in [0.1, 0.15) is 5.75 Å². The van der Waals surface area contributed by atoms with E-state index in [9.17, 15) is 13.2 Å². The van der Waals surface area contributed by atoms with Crippen molar-refractivity contribution in [2.24, 2.45) is 0 Å². The van der Waals surface area contributed by atoms with Crippen LogP contribution < -0.4 is 14.4 Å². The zero-order valence-electron chi connectivity index (χ0n) is 17.6. The number of carbonyl (C=O) groups is 1. The molecule has 0 spiro atoms. The summed E-state index contributed by atoms with van der Waals surface area (Å²) in [5.41, 5.74) is 0.678. The van der Waals surface area contributed by atoms with Gasteiger partial charge in [0, 0.05) is 43.3 Å². The Balaban J connectivity index is 1.50. The molecule has 0 bridgehead atoms. The fraction of sp³-hybridized carbons (Fsp3) is 0.273. The number of hydrogen-bond donors (Lipinski definition) is 1. The minimum absolute atomic E-state index is 0.0218. The molecule has 1 aromatic heterocycles. The van der Waals surface area contributed by atoms with E-state index >= 15 is 0 Å². The molecule has 2 aromatic carbocycles. The highest BCUT2D eigenvalue weighted by molar-refractivity contribution is 7.92. The van der Waals surface area contributed by atoms with Crippen LogP contribution in [0.1, 0.15) is 16.8 Å². The zero-order chi connectivity index (χ0) is 22.6. The fourth-order valence-corrected chi connectivity index (χ4v) is 5.41. The molecule has 0 unspecified atom stereocenters. The Morgan fingerprint density at radius 3 is 2.72 bits per heavy atom. The number of carbonyl (C=O) groups excluding carboxylic acids is 1. The third-order valence-electron chi connectivity index (χ3n) is 5.22. The van der Waals surface area contributed by atoms with E-state index in [2.05, 4.69) is 14.6 Å². The Labute approximate surface area is 191 Å². The second kappa shape index (κ2) is 9.58. The number of anilines is 2.